The van der Waals surface area contributed by atoms with E-state index in [9.17, 15) is 13.2 Å². The Bertz CT molecular complexity index is 917. The second-order valence-corrected chi connectivity index (χ2v) is 9.61. The van der Waals surface area contributed by atoms with Crippen LogP contribution >= 0.6 is 0 Å². The highest BCUT2D eigenvalue weighted by Gasteiger charge is 2.25. The lowest BCUT2D eigenvalue weighted by molar-refractivity contribution is -0.114. The zero-order valence-electron chi connectivity index (χ0n) is 17.0. The second kappa shape index (κ2) is 9.41. The zero-order chi connectivity index (χ0) is 20.9. The molecule has 1 fully saturated rings. The molecule has 0 aromatic heterocycles. The van der Waals surface area contributed by atoms with Crippen molar-refractivity contribution in [1.82, 2.24) is 4.31 Å². The Labute approximate surface area is 173 Å². The van der Waals surface area contributed by atoms with Gasteiger partial charge in [0.2, 0.25) is 15.9 Å². The fourth-order valence-electron chi connectivity index (χ4n) is 3.34. The van der Waals surface area contributed by atoms with Gasteiger partial charge in [0.25, 0.3) is 0 Å². The van der Waals surface area contributed by atoms with Crippen molar-refractivity contribution in [3.63, 3.8) is 0 Å². The van der Waals surface area contributed by atoms with Gasteiger partial charge in [0.1, 0.15) is 0 Å². The van der Waals surface area contributed by atoms with Crippen molar-refractivity contribution in [2.75, 3.05) is 30.3 Å². The molecule has 1 aliphatic heterocycles. The van der Waals surface area contributed by atoms with Crippen LogP contribution in [0.3, 0.4) is 0 Å². The molecule has 0 saturated carbocycles. The first-order valence-electron chi connectivity index (χ1n) is 10.1. The first-order valence-corrected chi connectivity index (χ1v) is 11.5. The van der Waals surface area contributed by atoms with Crippen LogP contribution in [0, 0.1) is 0 Å². The lowest BCUT2D eigenvalue weighted by Gasteiger charge is -2.25. The molecule has 2 aromatic carbocycles. The van der Waals surface area contributed by atoms with Crippen molar-refractivity contribution in [3.05, 3.63) is 54.1 Å². The van der Waals surface area contributed by atoms with Gasteiger partial charge in [-0.3, -0.25) is 4.79 Å². The number of sulfonamides is 1. The average molecular weight is 416 g/mol. The minimum atomic E-state index is -3.43. The molecule has 1 saturated heterocycles. The molecule has 0 radical (unpaired) electrons. The maximum atomic E-state index is 12.7. The summed E-state index contributed by atoms with van der Waals surface area (Å²) >= 11 is 0. The number of carbonyl (C=O) groups excluding carboxylic acids is 1. The highest BCUT2D eigenvalue weighted by molar-refractivity contribution is 7.89. The molecule has 156 valence electrons. The van der Waals surface area contributed by atoms with E-state index in [2.05, 4.69) is 24.5 Å². The molecule has 0 spiro atoms. The quantitative estimate of drug-likeness (QED) is 0.715. The Morgan fingerprint density at radius 3 is 2.10 bits per heavy atom. The van der Waals surface area contributed by atoms with E-state index in [-0.39, 0.29) is 12.5 Å². The fraction of sp³-hybridized carbons (Fsp3) is 0.409. The third-order valence-electron chi connectivity index (χ3n) is 5.12. The maximum absolute atomic E-state index is 12.7. The Balaban J connectivity index is 1.53. The summed E-state index contributed by atoms with van der Waals surface area (Å²) in [5.74, 6) is 0.287. The molecule has 3 rings (SSSR count). The maximum Gasteiger partial charge on any atom is 0.243 e. The third kappa shape index (κ3) is 5.58. The van der Waals surface area contributed by atoms with Gasteiger partial charge < -0.3 is 10.6 Å². The van der Waals surface area contributed by atoms with E-state index in [0.29, 0.717) is 29.6 Å². The lowest BCUT2D eigenvalue weighted by Crippen LogP contribution is -2.35. The summed E-state index contributed by atoms with van der Waals surface area (Å²) in [7, 11) is -3.43. The summed E-state index contributed by atoms with van der Waals surface area (Å²) in [6, 6.07) is 14.4. The summed E-state index contributed by atoms with van der Waals surface area (Å²) in [4.78, 5) is 12.5. The number of nitrogens with one attached hydrogen (secondary N) is 2. The number of hydrogen-bond acceptors (Lipinski definition) is 4. The van der Waals surface area contributed by atoms with Crippen LogP contribution in [-0.4, -0.2) is 38.3 Å². The van der Waals surface area contributed by atoms with E-state index in [1.54, 1.807) is 28.6 Å². The summed E-state index contributed by atoms with van der Waals surface area (Å²) in [6.07, 6.45) is 2.90. The first kappa shape index (κ1) is 21.3. The van der Waals surface area contributed by atoms with E-state index >= 15 is 0 Å². The molecule has 7 heteroatoms. The van der Waals surface area contributed by atoms with Gasteiger partial charge in [-0.2, -0.15) is 4.31 Å². The van der Waals surface area contributed by atoms with Gasteiger partial charge in [-0.25, -0.2) is 8.42 Å². The molecule has 2 N–H and O–H groups in total. The van der Waals surface area contributed by atoms with Crippen molar-refractivity contribution in [3.8, 4) is 0 Å². The minimum absolute atomic E-state index is 0.101. The highest BCUT2D eigenvalue weighted by Crippen LogP contribution is 2.22. The number of piperidine rings is 1. The monoisotopic (exact) mass is 415 g/mol. The molecular formula is C22H29N3O3S. The number of anilines is 2. The Morgan fingerprint density at radius 1 is 0.931 bits per heavy atom. The predicted molar refractivity (Wildman–Crippen MR) is 117 cm³/mol. The summed E-state index contributed by atoms with van der Waals surface area (Å²) in [5.41, 5.74) is 2.68. The van der Waals surface area contributed by atoms with Crippen molar-refractivity contribution in [2.45, 2.75) is 43.9 Å². The second-order valence-electron chi connectivity index (χ2n) is 7.67. The smallest absolute Gasteiger partial charge is 0.243 e. The van der Waals surface area contributed by atoms with Crippen molar-refractivity contribution >= 4 is 27.3 Å². The van der Waals surface area contributed by atoms with E-state index in [0.717, 1.165) is 24.9 Å². The van der Waals surface area contributed by atoms with Crippen LogP contribution < -0.4 is 10.6 Å². The number of hydrogen-bond donors (Lipinski definition) is 2. The van der Waals surface area contributed by atoms with Crippen LogP contribution in [0.4, 0.5) is 11.4 Å². The van der Waals surface area contributed by atoms with Gasteiger partial charge >= 0.3 is 0 Å². The van der Waals surface area contributed by atoms with Crippen LogP contribution in [-0.2, 0) is 14.8 Å². The van der Waals surface area contributed by atoms with Gasteiger partial charge in [0.05, 0.1) is 11.4 Å². The number of rotatable bonds is 7. The van der Waals surface area contributed by atoms with Crippen LogP contribution in [0.15, 0.2) is 53.4 Å². The summed E-state index contributed by atoms with van der Waals surface area (Å²) in [5, 5.41) is 5.88. The number of carbonyl (C=O) groups is 1. The Hall–Kier alpha value is -2.38. The van der Waals surface area contributed by atoms with Gasteiger partial charge in [-0.1, -0.05) is 32.4 Å². The Kier molecular flexibility index (Phi) is 6.92. The van der Waals surface area contributed by atoms with Crippen LogP contribution in [0.25, 0.3) is 0 Å². The van der Waals surface area contributed by atoms with E-state index in [4.69, 9.17) is 0 Å². The van der Waals surface area contributed by atoms with Gasteiger partial charge in [0, 0.05) is 24.5 Å². The normalized spacial score (nSPS) is 15.3. The van der Waals surface area contributed by atoms with Crippen molar-refractivity contribution in [1.29, 1.82) is 0 Å². The minimum Gasteiger partial charge on any atom is -0.376 e. The molecular weight excluding hydrogens is 386 g/mol. The number of benzene rings is 2. The summed E-state index contributed by atoms with van der Waals surface area (Å²) < 4.78 is 26.9. The number of amides is 1. The average Bonchev–Trinajstić information content (AvgIpc) is 2.73. The SMILES string of the molecule is CC(C)c1ccc(NC(=O)CNc2ccc(S(=O)(=O)N3CCCCC3)cc2)cc1. The van der Waals surface area contributed by atoms with Gasteiger partial charge in [-0.15, -0.1) is 0 Å². The molecule has 29 heavy (non-hydrogen) atoms. The molecule has 1 heterocycles. The van der Waals surface area contributed by atoms with Gasteiger partial charge in [0.15, 0.2) is 0 Å². The van der Waals surface area contributed by atoms with E-state index in [1.165, 1.54) is 5.56 Å². The summed E-state index contributed by atoms with van der Waals surface area (Å²) in [6.45, 7) is 5.52. The molecule has 1 amide bonds. The molecule has 0 aliphatic carbocycles. The van der Waals surface area contributed by atoms with Crippen molar-refractivity contribution in [2.24, 2.45) is 0 Å². The van der Waals surface area contributed by atoms with Crippen LogP contribution in [0.2, 0.25) is 0 Å². The molecule has 1 aliphatic rings. The largest absolute Gasteiger partial charge is 0.376 e. The van der Waals surface area contributed by atoms with Crippen molar-refractivity contribution < 1.29 is 13.2 Å². The van der Waals surface area contributed by atoms with Crippen LogP contribution in [0.1, 0.15) is 44.6 Å². The zero-order valence-corrected chi connectivity index (χ0v) is 17.8. The molecule has 2 aromatic rings. The molecule has 0 unspecified atom stereocenters. The molecule has 6 nitrogen and oxygen atoms in total. The first-order chi connectivity index (χ1) is 13.9. The third-order valence-corrected chi connectivity index (χ3v) is 7.03. The van der Waals surface area contributed by atoms with E-state index in [1.807, 2.05) is 24.3 Å². The van der Waals surface area contributed by atoms with Gasteiger partial charge in [-0.05, 0) is 60.7 Å². The molecule has 0 bridgehead atoms. The molecule has 0 atom stereocenters. The lowest BCUT2D eigenvalue weighted by atomic mass is 10.0. The highest BCUT2D eigenvalue weighted by atomic mass is 32.2. The Morgan fingerprint density at radius 2 is 1.52 bits per heavy atom. The fourth-order valence-corrected chi connectivity index (χ4v) is 4.86. The number of nitrogens with zero attached hydrogens (tertiary/aromatic N) is 1. The van der Waals surface area contributed by atoms with E-state index < -0.39 is 10.0 Å². The van der Waals surface area contributed by atoms with Crippen LogP contribution in [0.5, 0.6) is 0 Å². The standard InChI is InChI=1S/C22H29N3O3S/c1-17(2)18-6-8-20(9-7-18)24-22(26)16-23-19-10-12-21(13-11-19)29(27,28)25-14-4-3-5-15-25/h6-13,17,23H,3-5,14-16H2,1-2H3,(H,24,26). The predicted octanol–water partition coefficient (Wildman–Crippen LogP) is 4.04. The topological polar surface area (TPSA) is 78.5 Å².